The minimum absolute atomic E-state index is 0.105. The summed E-state index contributed by atoms with van der Waals surface area (Å²) in [5, 5.41) is 7.65. The molecule has 2 rings (SSSR count). The molecule has 8 heteroatoms. The normalized spacial score (nSPS) is 20.7. The number of sulfonamides is 1. The van der Waals surface area contributed by atoms with Gasteiger partial charge in [-0.25, -0.2) is 13.4 Å². The highest BCUT2D eigenvalue weighted by Crippen LogP contribution is 2.32. The van der Waals surface area contributed by atoms with E-state index in [2.05, 4.69) is 9.97 Å². The summed E-state index contributed by atoms with van der Waals surface area (Å²) in [6.45, 7) is 2.64. The Kier molecular flexibility index (Phi) is 3.16. The molecular weight excluding hydrogens is 254 g/mol. The molecule has 0 radical (unpaired) electrons. The van der Waals surface area contributed by atoms with Gasteiger partial charge < -0.3 is 10.7 Å². The Morgan fingerprint density at radius 3 is 2.61 bits per heavy atom. The summed E-state index contributed by atoms with van der Waals surface area (Å²) in [5.74, 6) is 0.126. The van der Waals surface area contributed by atoms with E-state index in [0.717, 1.165) is 0 Å². The van der Waals surface area contributed by atoms with Crippen molar-refractivity contribution in [2.24, 2.45) is 11.1 Å². The number of aromatic amines is 1. The minimum Gasteiger partial charge on any atom is -0.387 e. The molecule has 1 aliphatic heterocycles. The predicted molar refractivity (Wildman–Crippen MR) is 66.6 cm³/mol. The highest BCUT2D eigenvalue weighted by atomic mass is 32.2. The van der Waals surface area contributed by atoms with Crippen LogP contribution in [-0.2, 0) is 10.0 Å². The molecule has 0 bridgehead atoms. The lowest BCUT2D eigenvalue weighted by molar-refractivity contribution is 0.240. The largest absolute Gasteiger partial charge is 0.387 e. The van der Waals surface area contributed by atoms with Gasteiger partial charge in [-0.2, -0.15) is 4.31 Å². The number of aromatic nitrogens is 2. The van der Waals surface area contributed by atoms with Gasteiger partial charge in [-0.05, 0) is 12.8 Å². The Morgan fingerprint density at radius 2 is 2.17 bits per heavy atom. The third-order valence-electron chi connectivity index (χ3n) is 3.57. The van der Waals surface area contributed by atoms with E-state index in [1.807, 2.05) is 6.92 Å². The van der Waals surface area contributed by atoms with Gasteiger partial charge >= 0.3 is 0 Å². The molecule has 0 aliphatic carbocycles. The van der Waals surface area contributed by atoms with Crippen molar-refractivity contribution in [2.45, 2.75) is 24.8 Å². The topological polar surface area (TPSA) is 116 Å². The Bertz CT molecular complexity index is 529. The first-order valence-corrected chi connectivity index (χ1v) is 7.13. The first kappa shape index (κ1) is 13.0. The van der Waals surface area contributed by atoms with E-state index in [9.17, 15) is 8.42 Å². The fourth-order valence-corrected chi connectivity index (χ4v) is 3.35. The van der Waals surface area contributed by atoms with Crippen LogP contribution in [0.5, 0.6) is 0 Å². The molecule has 7 nitrogen and oxygen atoms in total. The van der Waals surface area contributed by atoms with Crippen LogP contribution in [0.15, 0.2) is 17.6 Å². The van der Waals surface area contributed by atoms with Crippen LogP contribution in [0.1, 0.15) is 19.8 Å². The molecule has 1 aromatic heterocycles. The highest BCUT2D eigenvalue weighted by Gasteiger charge is 2.37. The van der Waals surface area contributed by atoms with Crippen LogP contribution in [0.4, 0.5) is 0 Å². The monoisotopic (exact) mass is 271 g/mol. The maximum Gasteiger partial charge on any atom is 0.260 e. The van der Waals surface area contributed by atoms with Crippen LogP contribution in [0.25, 0.3) is 0 Å². The maximum atomic E-state index is 12.2. The van der Waals surface area contributed by atoms with Gasteiger partial charge in [-0.3, -0.25) is 5.41 Å². The maximum absolute atomic E-state index is 12.2. The predicted octanol–water partition coefficient (Wildman–Crippen LogP) is 0.136. The van der Waals surface area contributed by atoms with E-state index >= 15 is 0 Å². The van der Waals surface area contributed by atoms with E-state index in [1.54, 1.807) is 0 Å². The average molecular weight is 271 g/mol. The van der Waals surface area contributed by atoms with Gasteiger partial charge in [-0.15, -0.1) is 0 Å². The van der Waals surface area contributed by atoms with Gasteiger partial charge in [0.15, 0.2) is 5.03 Å². The van der Waals surface area contributed by atoms with E-state index in [1.165, 1.54) is 16.8 Å². The summed E-state index contributed by atoms with van der Waals surface area (Å²) < 4.78 is 25.8. The molecule has 0 unspecified atom stereocenters. The second kappa shape index (κ2) is 4.36. The lowest BCUT2D eigenvalue weighted by Crippen LogP contribution is -2.47. The molecule has 0 saturated carbocycles. The molecule has 1 saturated heterocycles. The molecule has 0 atom stereocenters. The second-order valence-electron chi connectivity index (χ2n) is 4.79. The molecule has 0 aromatic carbocycles. The van der Waals surface area contributed by atoms with E-state index < -0.39 is 10.0 Å². The Morgan fingerprint density at radius 1 is 1.56 bits per heavy atom. The van der Waals surface area contributed by atoms with Crippen molar-refractivity contribution >= 4 is 15.9 Å². The smallest absolute Gasteiger partial charge is 0.260 e. The van der Waals surface area contributed by atoms with Crippen molar-refractivity contribution in [3.63, 3.8) is 0 Å². The molecule has 1 aliphatic rings. The number of hydrogen-bond acceptors (Lipinski definition) is 4. The lowest BCUT2D eigenvalue weighted by atomic mass is 9.80. The van der Waals surface area contributed by atoms with Gasteiger partial charge in [0.25, 0.3) is 10.0 Å². The van der Waals surface area contributed by atoms with E-state index in [0.29, 0.717) is 25.9 Å². The van der Waals surface area contributed by atoms with Crippen LogP contribution in [-0.4, -0.2) is 41.6 Å². The quantitative estimate of drug-likeness (QED) is 0.535. The summed E-state index contributed by atoms with van der Waals surface area (Å²) in [6.07, 6.45) is 3.77. The van der Waals surface area contributed by atoms with Crippen LogP contribution in [0, 0.1) is 10.8 Å². The summed E-state index contributed by atoms with van der Waals surface area (Å²) in [6, 6.07) is 0. The fraction of sp³-hybridized carbons (Fsp3) is 0.600. The first-order chi connectivity index (χ1) is 8.36. The Hall–Kier alpha value is -1.41. The first-order valence-electron chi connectivity index (χ1n) is 5.69. The van der Waals surface area contributed by atoms with Crippen molar-refractivity contribution in [1.82, 2.24) is 14.3 Å². The highest BCUT2D eigenvalue weighted by molar-refractivity contribution is 7.89. The zero-order valence-electron chi connectivity index (χ0n) is 10.2. The number of hydrogen-bond donors (Lipinski definition) is 3. The van der Waals surface area contributed by atoms with Crippen LogP contribution >= 0.6 is 0 Å². The summed E-state index contributed by atoms with van der Waals surface area (Å²) in [5.41, 5.74) is 5.16. The standard InChI is InChI=1S/C10H17N5O2S/c1-10(9(11)12)2-4-15(5-3-10)18(16,17)8-6-13-7-14-8/h6-7H,2-5H2,1H3,(H3,11,12)(H,13,14). The number of rotatable bonds is 3. The minimum atomic E-state index is -3.49. The van der Waals surface area contributed by atoms with Crippen LogP contribution in [0.3, 0.4) is 0 Å². The number of nitrogens with two attached hydrogens (primary N) is 1. The molecule has 1 fully saturated rings. The molecule has 1 aromatic rings. The van der Waals surface area contributed by atoms with E-state index in [-0.39, 0.29) is 16.3 Å². The van der Waals surface area contributed by atoms with Crippen LogP contribution in [0.2, 0.25) is 0 Å². The third kappa shape index (κ3) is 2.13. The molecule has 2 heterocycles. The molecular formula is C10H17N5O2S. The number of nitrogens with one attached hydrogen (secondary N) is 2. The molecule has 0 spiro atoms. The summed E-state index contributed by atoms with van der Waals surface area (Å²) >= 11 is 0. The third-order valence-corrected chi connectivity index (χ3v) is 5.39. The molecule has 100 valence electrons. The SMILES string of the molecule is CC1(C(=N)N)CCN(S(=O)(=O)c2cnc[nH]2)CC1. The van der Waals surface area contributed by atoms with Gasteiger partial charge in [0.05, 0.1) is 18.4 Å². The lowest BCUT2D eigenvalue weighted by Gasteiger charge is -2.37. The van der Waals surface area contributed by atoms with E-state index in [4.69, 9.17) is 11.1 Å². The molecule has 4 N–H and O–H groups in total. The second-order valence-corrected chi connectivity index (χ2v) is 6.70. The van der Waals surface area contributed by atoms with Crippen molar-refractivity contribution in [2.75, 3.05) is 13.1 Å². The number of amidine groups is 1. The molecule has 0 amide bonds. The Labute approximate surface area is 106 Å². The van der Waals surface area contributed by atoms with Gasteiger partial charge in [0.2, 0.25) is 0 Å². The Balaban J connectivity index is 2.14. The number of piperidine rings is 1. The van der Waals surface area contributed by atoms with Crippen molar-refractivity contribution in [1.29, 1.82) is 5.41 Å². The van der Waals surface area contributed by atoms with Crippen molar-refractivity contribution < 1.29 is 8.42 Å². The zero-order valence-corrected chi connectivity index (χ0v) is 11.0. The van der Waals surface area contributed by atoms with Gasteiger partial charge in [0.1, 0.15) is 0 Å². The van der Waals surface area contributed by atoms with Crippen LogP contribution < -0.4 is 5.73 Å². The number of nitrogens with zero attached hydrogens (tertiary/aromatic N) is 2. The average Bonchev–Trinajstić information content (AvgIpc) is 2.83. The summed E-state index contributed by atoms with van der Waals surface area (Å²) in [7, 11) is -3.49. The fourth-order valence-electron chi connectivity index (χ4n) is 2.01. The van der Waals surface area contributed by atoms with Gasteiger partial charge in [-0.1, -0.05) is 6.92 Å². The molecule has 18 heavy (non-hydrogen) atoms. The van der Waals surface area contributed by atoms with Crippen molar-refractivity contribution in [3.8, 4) is 0 Å². The number of H-pyrrole nitrogens is 1. The number of imidazole rings is 1. The van der Waals surface area contributed by atoms with Crippen molar-refractivity contribution in [3.05, 3.63) is 12.5 Å². The zero-order chi connectivity index (χ0) is 13.4. The summed E-state index contributed by atoms with van der Waals surface area (Å²) in [4.78, 5) is 6.34. The van der Waals surface area contributed by atoms with Gasteiger partial charge in [0, 0.05) is 18.5 Å².